The lowest BCUT2D eigenvalue weighted by Gasteiger charge is -2.21. The quantitative estimate of drug-likeness (QED) is 0.114. The van der Waals surface area contributed by atoms with Crippen LogP contribution in [0.1, 0.15) is 0 Å². The predicted octanol–water partition coefficient (Wildman–Crippen LogP) is 38.1. The minimum atomic E-state index is 0.912. The zero-order valence-corrected chi connectivity index (χ0v) is 74.5. The van der Waals surface area contributed by atoms with Crippen LogP contribution in [0.2, 0.25) is 0 Å². The summed E-state index contributed by atoms with van der Waals surface area (Å²) in [6.07, 6.45) is 0. The Morgan fingerprint density at radius 3 is 0.770 bits per heavy atom. The molecular weight excluding hydrogens is 1650 g/mol. The van der Waals surface area contributed by atoms with Crippen LogP contribution in [-0.4, -0.2) is 0 Å². The van der Waals surface area contributed by atoms with Crippen molar-refractivity contribution >= 4 is 140 Å². The Balaban J connectivity index is 0.000000108. The molecule has 0 unspecified atom stereocenters. The van der Waals surface area contributed by atoms with E-state index in [-0.39, 0.29) is 0 Å². The van der Waals surface area contributed by atoms with Crippen LogP contribution < -0.4 is 0 Å². The van der Waals surface area contributed by atoms with E-state index in [1.807, 2.05) is 35.6 Å². The molecule has 630 valence electrons. The van der Waals surface area contributed by atoms with E-state index in [9.17, 15) is 0 Å². The average Bonchev–Trinajstić information content (AvgIpc) is 1.67. The van der Waals surface area contributed by atoms with Crippen molar-refractivity contribution in [2.45, 2.75) is 0 Å². The average molecular weight is 1730 g/mol. The van der Waals surface area contributed by atoms with Crippen LogP contribution >= 0.6 is 11.3 Å². The van der Waals surface area contributed by atoms with Gasteiger partial charge in [0.15, 0.2) is 0 Å². The third-order valence-electron chi connectivity index (χ3n) is 27.2. The zero-order chi connectivity index (χ0) is 89.2. The Morgan fingerprint density at radius 1 is 0.111 bits per heavy atom. The van der Waals surface area contributed by atoms with Gasteiger partial charge in [0.2, 0.25) is 0 Å². The number of furan rings is 2. The number of rotatable bonds is 12. The van der Waals surface area contributed by atoms with E-state index >= 15 is 0 Å². The number of thiophene rings is 1. The van der Waals surface area contributed by atoms with Crippen molar-refractivity contribution in [3.63, 3.8) is 0 Å². The summed E-state index contributed by atoms with van der Waals surface area (Å²) >= 11 is 1.87. The van der Waals surface area contributed by atoms with Gasteiger partial charge in [-0.05, 0) is 259 Å². The van der Waals surface area contributed by atoms with Gasteiger partial charge in [0.05, 0.1) is 0 Å². The Labute approximate surface area is 786 Å². The Bertz CT molecular complexity index is 9130. The minimum absolute atomic E-state index is 0.912. The van der Waals surface area contributed by atoms with Gasteiger partial charge in [-0.1, -0.05) is 449 Å². The summed E-state index contributed by atoms with van der Waals surface area (Å²) in [5.74, 6) is 0. The molecule has 0 spiro atoms. The molecule has 0 aliphatic rings. The van der Waals surface area contributed by atoms with Crippen molar-refractivity contribution in [3.8, 4) is 134 Å². The molecular formula is C132H84O2S. The minimum Gasteiger partial charge on any atom is -0.456 e. The third kappa shape index (κ3) is 14.3. The van der Waals surface area contributed by atoms with Gasteiger partial charge in [-0.15, -0.1) is 11.3 Å². The molecule has 0 aliphatic heterocycles. The fourth-order valence-electron chi connectivity index (χ4n) is 21.2. The predicted molar refractivity (Wildman–Crippen MR) is 577 cm³/mol. The monoisotopic (exact) mass is 1730 g/mol. The van der Waals surface area contributed by atoms with E-state index < -0.39 is 0 Å². The Hall–Kier alpha value is -17.3. The molecule has 0 bridgehead atoms. The van der Waals surface area contributed by atoms with Crippen LogP contribution in [0.25, 0.3) is 262 Å². The summed E-state index contributed by atoms with van der Waals surface area (Å²) < 4.78 is 15.0. The topological polar surface area (TPSA) is 26.3 Å². The maximum Gasteiger partial charge on any atom is 0.135 e. The molecule has 0 saturated heterocycles. The van der Waals surface area contributed by atoms with Gasteiger partial charge in [-0.25, -0.2) is 0 Å². The molecule has 3 heterocycles. The second-order valence-corrected chi connectivity index (χ2v) is 36.0. The smallest absolute Gasteiger partial charge is 0.135 e. The van der Waals surface area contributed by atoms with Crippen molar-refractivity contribution in [2.24, 2.45) is 0 Å². The van der Waals surface area contributed by atoms with Crippen molar-refractivity contribution < 1.29 is 8.83 Å². The number of hydrogen-bond acceptors (Lipinski definition) is 3. The van der Waals surface area contributed by atoms with E-state index in [4.69, 9.17) is 8.83 Å². The van der Waals surface area contributed by atoms with Gasteiger partial charge in [-0.2, -0.15) is 0 Å². The normalized spacial score (nSPS) is 11.6. The molecule has 135 heavy (non-hydrogen) atoms. The Kier molecular flexibility index (Phi) is 20.2. The summed E-state index contributed by atoms with van der Waals surface area (Å²) in [5.41, 5.74) is 33.3. The number of fused-ring (bicyclic) bond motifs is 15. The first-order chi connectivity index (χ1) is 67.0. The lowest BCUT2D eigenvalue weighted by molar-refractivity contribution is 0.668. The summed E-state index contributed by atoms with van der Waals surface area (Å²) in [4.78, 5) is 0. The van der Waals surface area contributed by atoms with Gasteiger partial charge >= 0.3 is 0 Å². The summed E-state index contributed by atoms with van der Waals surface area (Å²) in [5, 5.41) is 22.4. The van der Waals surface area contributed by atoms with E-state index in [1.165, 1.54) is 218 Å². The number of hydrogen-bond donors (Lipinski definition) is 0. The summed E-state index contributed by atoms with van der Waals surface area (Å²) in [6.45, 7) is 0. The van der Waals surface area contributed by atoms with Crippen LogP contribution in [0, 0.1) is 0 Å². The van der Waals surface area contributed by atoms with E-state index in [2.05, 4.69) is 485 Å². The van der Waals surface area contributed by atoms with Crippen molar-refractivity contribution in [3.05, 3.63) is 510 Å². The zero-order valence-electron chi connectivity index (χ0n) is 73.7. The molecule has 27 rings (SSSR count). The summed E-state index contributed by atoms with van der Waals surface area (Å²) in [6, 6.07) is 184. The second-order valence-electron chi connectivity index (χ2n) is 34.9. The Morgan fingerprint density at radius 2 is 0.356 bits per heavy atom. The highest BCUT2D eigenvalue weighted by Gasteiger charge is 2.25. The van der Waals surface area contributed by atoms with Crippen molar-refractivity contribution in [1.29, 1.82) is 0 Å². The van der Waals surface area contributed by atoms with Gasteiger partial charge in [-0.3, -0.25) is 0 Å². The molecule has 0 aliphatic carbocycles. The highest BCUT2D eigenvalue weighted by Crippen LogP contribution is 2.53. The maximum absolute atomic E-state index is 6.17. The molecule has 0 fully saturated rings. The molecule has 3 aromatic heterocycles. The van der Waals surface area contributed by atoms with Crippen molar-refractivity contribution in [1.82, 2.24) is 0 Å². The maximum atomic E-state index is 6.17. The van der Waals surface area contributed by atoms with E-state index in [1.54, 1.807) is 0 Å². The molecule has 0 saturated carbocycles. The largest absolute Gasteiger partial charge is 0.456 e. The standard InChI is InChI=1S/2C44H28O.C44H28S/c1-2-14-29(15-3-1)31-16-4-6-19-34(31)43-36-21-8-10-23-38(36)44(39-24-11-9-22-37(39)43)35-20-7-5-17-32(35)30-26-27-42-40(28-30)33-18-12-13-25-41(33)45-42;1-2-13-29(14-3-1)33-17-4-5-19-35(33)44-38-22-8-6-20-36(38)43(37-21-7-9-23-39(37)44)32-16-12-15-30(27-32)31-25-26-42-40(28-31)34-18-10-11-24-41(34)45-42;1-2-11-29(12-3-1)30-21-23-31(24-22-30)43-37-16-4-6-18-39(37)44(40-19-7-5-17-38(40)43)34-14-10-13-32(27-34)33-25-26-36-35-15-8-9-20-41(35)45-42(36)28-33/h3*1-28H. The molecule has 27 aromatic rings. The van der Waals surface area contributed by atoms with Gasteiger partial charge in [0, 0.05) is 41.7 Å². The van der Waals surface area contributed by atoms with E-state index in [0.29, 0.717) is 0 Å². The van der Waals surface area contributed by atoms with Crippen LogP contribution in [0.4, 0.5) is 0 Å². The number of para-hydroxylation sites is 2. The fourth-order valence-corrected chi connectivity index (χ4v) is 22.3. The molecule has 0 amide bonds. The molecule has 0 radical (unpaired) electrons. The van der Waals surface area contributed by atoms with Gasteiger partial charge < -0.3 is 8.83 Å². The van der Waals surface area contributed by atoms with E-state index in [0.717, 1.165) is 43.9 Å². The molecule has 0 N–H and O–H groups in total. The fraction of sp³-hybridized carbons (Fsp3) is 0. The second kappa shape index (κ2) is 34.2. The highest BCUT2D eigenvalue weighted by atomic mass is 32.1. The number of benzene rings is 24. The van der Waals surface area contributed by atoms with Gasteiger partial charge in [0.25, 0.3) is 0 Å². The van der Waals surface area contributed by atoms with Crippen LogP contribution in [0.5, 0.6) is 0 Å². The van der Waals surface area contributed by atoms with Crippen LogP contribution in [0.15, 0.2) is 518 Å². The lowest BCUT2D eigenvalue weighted by atomic mass is 9.82. The SMILES string of the molecule is c1ccc(-c2ccc(-c3c4ccccc4c(-c4cccc(-c5ccc6c(c5)sc5ccccc56)c4)c4ccccc34)cc2)cc1.c1ccc(-c2ccccc2-c2c3ccccc3c(-c3cccc(-c4ccc5oc6ccccc6c5c4)c3)c3ccccc23)cc1.c1ccc(-c2ccccc2-c2c3ccccc3c(-c3ccccc3-c3ccc4oc5ccccc5c4c3)c3ccccc23)cc1. The first-order valence-corrected chi connectivity index (χ1v) is 47.1. The van der Waals surface area contributed by atoms with Crippen LogP contribution in [0.3, 0.4) is 0 Å². The highest BCUT2D eigenvalue weighted by molar-refractivity contribution is 7.25. The molecule has 0 atom stereocenters. The molecule has 24 aromatic carbocycles. The van der Waals surface area contributed by atoms with Gasteiger partial charge in [0.1, 0.15) is 22.3 Å². The molecule has 3 heteroatoms. The lowest BCUT2D eigenvalue weighted by Crippen LogP contribution is -1.94. The summed E-state index contributed by atoms with van der Waals surface area (Å²) in [7, 11) is 0. The van der Waals surface area contributed by atoms with Crippen molar-refractivity contribution in [2.75, 3.05) is 0 Å². The first-order valence-electron chi connectivity index (χ1n) is 46.3. The first kappa shape index (κ1) is 79.8. The third-order valence-corrected chi connectivity index (χ3v) is 28.4. The molecule has 2 nitrogen and oxygen atoms in total. The van der Waals surface area contributed by atoms with Crippen LogP contribution in [-0.2, 0) is 0 Å².